The second-order valence-corrected chi connectivity index (χ2v) is 2.95. The van der Waals surface area contributed by atoms with Crippen molar-refractivity contribution in [2.75, 3.05) is 0 Å². The van der Waals surface area contributed by atoms with E-state index < -0.39 is 23.0 Å². The van der Waals surface area contributed by atoms with E-state index in [0.29, 0.717) is 0 Å². The number of carbonyl (C=O) groups is 1. The Morgan fingerprint density at radius 2 is 2.21 bits per heavy atom. The summed E-state index contributed by atoms with van der Waals surface area (Å²) in [6.07, 6.45) is -2.09. The molecule has 0 unspecified atom stereocenters. The summed E-state index contributed by atoms with van der Waals surface area (Å²) in [6, 6.07) is 0. The van der Waals surface area contributed by atoms with Crippen LogP contribution in [0.3, 0.4) is 0 Å². The molecular weight excluding hydrogens is 216 g/mol. The standard InChI is InChI=1S/C8H6ClF2NO2/c1-3-5(8(10)11)4(13)2-12-6(3)7(9)14/h2,8,13H,1H3. The van der Waals surface area contributed by atoms with Gasteiger partial charge in [0.05, 0.1) is 11.8 Å². The van der Waals surface area contributed by atoms with Crippen molar-refractivity contribution in [3.8, 4) is 5.75 Å². The van der Waals surface area contributed by atoms with Crippen LogP contribution in [0.4, 0.5) is 8.78 Å². The van der Waals surface area contributed by atoms with E-state index in [2.05, 4.69) is 4.98 Å². The predicted molar refractivity (Wildman–Crippen MR) is 45.8 cm³/mol. The zero-order chi connectivity index (χ0) is 10.9. The van der Waals surface area contributed by atoms with Crippen molar-refractivity contribution in [3.63, 3.8) is 0 Å². The van der Waals surface area contributed by atoms with Crippen LogP contribution in [-0.4, -0.2) is 15.3 Å². The Balaban J connectivity index is 3.41. The van der Waals surface area contributed by atoms with Gasteiger partial charge in [-0.2, -0.15) is 0 Å². The Morgan fingerprint density at radius 3 is 2.64 bits per heavy atom. The molecule has 0 aliphatic rings. The van der Waals surface area contributed by atoms with Crippen LogP contribution in [0.1, 0.15) is 28.0 Å². The molecule has 14 heavy (non-hydrogen) atoms. The van der Waals surface area contributed by atoms with Crippen molar-refractivity contribution in [2.24, 2.45) is 0 Å². The summed E-state index contributed by atoms with van der Waals surface area (Å²) in [7, 11) is 0. The number of hydrogen-bond acceptors (Lipinski definition) is 3. The number of alkyl halides is 2. The SMILES string of the molecule is Cc1c(C(=O)Cl)ncc(O)c1C(F)F. The van der Waals surface area contributed by atoms with Gasteiger partial charge in [-0.3, -0.25) is 4.79 Å². The summed E-state index contributed by atoms with van der Waals surface area (Å²) < 4.78 is 24.8. The van der Waals surface area contributed by atoms with Gasteiger partial charge in [0.1, 0.15) is 11.4 Å². The van der Waals surface area contributed by atoms with Crippen LogP contribution in [0.2, 0.25) is 0 Å². The van der Waals surface area contributed by atoms with E-state index in [1.165, 1.54) is 6.92 Å². The average Bonchev–Trinajstić information content (AvgIpc) is 2.02. The van der Waals surface area contributed by atoms with Crippen LogP contribution in [-0.2, 0) is 0 Å². The zero-order valence-corrected chi connectivity index (χ0v) is 7.85. The second-order valence-electron chi connectivity index (χ2n) is 2.61. The van der Waals surface area contributed by atoms with E-state index in [0.717, 1.165) is 6.20 Å². The minimum atomic E-state index is -2.87. The lowest BCUT2D eigenvalue weighted by Crippen LogP contribution is -2.02. The van der Waals surface area contributed by atoms with E-state index in [9.17, 15) is 13.6 Å². The first-order valence-corrected chi connectivity index (χ1v) is 3.99. The van der Waals surface area contributed by atoms with Gasteiger partial charge in [-0.15, -0.1) is 0 Å². The Labute approximate surface area is 83.3 Å². The maximum atomic E-state index is 12.4. The fourth-order valence-electron chi connectivity index (χ4n) is 1.09. The molecule has 3 nitrogen and oxygen atoms in total. The van der Waals surface area contributed by atoms with Crippen molar-refractivity contribution < 1.29 is 18.7 Å². The first-order chi connectivity index (χ1) is 6.45. The topological polar surface area (TPSA) is 50.2 Å². The maximum Gasteiger partial charge on any atom is 0.271 e. The molecule has 0 amide bonds. The van der Waals surface area contributed by atoms with Crippen molar-refractivity contribution in [1.82, 2.24) is 4.98 Å². The van der Waals surface area contributed by atoms with Crippen LogP contribution < -0.4 is 0 Å². The maximum absolute atomic E-state index is 12.4. The first-order valence-electron chi connectivity index (χ1n) is 3.61. The Hall–Kier alpha value is -1.23. The third-order valence-corrected chi connectivity index (χ3v) is 1.93. The molecule has 1 heterocycles. The van der Waals surface area contributed by atoms with Gasteiger partial charge in [0.15, 0.2) is 0 Å². The summed E-state index contributed by atoms with van der Waals surface area (Å²) >= 11 is 5.11. The minimum Gasteiger partial charge on any atom is -0.506 e. The molecule has 1 aromatic rings. The highest BCUT2D eigenvalue weighted by Crippen LogP contribution is 2.31. The summed E-state index contributed by atoms with van der Waals surface area (Å²) in [5, 5.41) is 8.14. The number of rotatable bonds is 2. The summed E-state index contributed by atoms with van der Waals surface area (Å²) in [5.41, 5.74) is -0.969. The molecular formula is C8H6ClF2NO2. The average molecular weight is 222 g/mol. The van der Waals surface area contributed by atoms with Gasteiger partial charge < -0.3 is 5.11 Å². The van der Waals surface area contributed by atoms with Gasteiger partial charge in [0, 0.05) is 0 Å². The van der Waals surface area contributed by atoms with Crippen molar-refractivity contribution >= 4 is 16.8 Å². The highest BCUT2D eigenvalue weighted by atomic mass is 35.5. The van der Waals surface area contributed by atoms with Crippen LogP contribution in [0.5, 0.6) is 5.75 Å². The van der Waals surface area contributed by atoms with E-state index in [4.69, 9.17) is 16.7 Å². The van der Waals surface area contributed by atoms with E-state index in [1.807, 2.05) is 0 Å². The van der Waals surface area contributed by atoms with Gasteiger partial charge in [0.2, 0.25) is 0 Å². The van der Waals surface area contributed by atoms with E-state index >= 15 is 0 Å². The number of hydrogen-bond donors (Lipinski definition) is 1. The number of aromatic nitrogens is 1. The number of pyridine rings is 1. The summed E-state index contributed by atoms with van der Waals surface area (Å²) in [6.45, 7) is 1.25. The van der Waals surface area contributed by atoms with Crippen molar-refractivity contribution in [1.29, 1.82) is 0 Å². The van der Waals surface area contributed by atoms with Crippen molar-refractivity contribution in [2.45, 2.75) is 13.3 Å². The van der Waals surface area contributed by atoms with Gasteiger partial charge >= 0.3 is 0 Å². The van der Waals surface area contributed by atoms with Crippen LogP contribution in [0.25, 0.3) is 0 Å². The minimum absolute atomic E-state index is 0.0972. The molecule has 1 rings (SSSR count). The number of nitrogens with zero attached hydrogens (tertiary/aromatic N) is 1. The lowest BCUT2D eigenvalue weighted by atomic mass is 10.1. The Bertz CT molecular complexity index is 382. The van der Waals surface area contributed by atoms with E-state index in [-0.39, 0.29) is 11.3 Å². The molecule has 0 bridgehead atoms. The molecule has 0 spiro atoms. The molecule has 1 N–H and O–H groups in total. The number of halogens is 3. The monoisotopic (exact) mass is 221 g/mol. The quantitative estimate of drug-likeness (QED) is 0.781. The predicted octanol–water partition coefficient (Wildman–Crippen LogP) is 2.41. The smallest absolute Gasteiger partial charge is 0.271 e. The van der Waals surface area contributed by atoms with Gasteiger partial charge in [-0.25, -0.2) is 13.8 Å². The number of carbonyl (C=O) groups excluding carboxylic acids is 1. The molecule has 0 atom stereocenters. The highest BCUT2D eigenvalue weighted by molar-refractivity contribution is 6.67. The Morgan fingerprint density at radius 1 is 1.64 bits per heavy atom. The summed E-state index contributed by atoms with van der Waals surface area (Å²) in [4.78, 5) is 14.2. The largest absolute Gasteiger partial charge is 0.506 e. The van der Waals surface area contributed by atoms with Gasteiger partial charge in [-0.05, 0) is 24.1 Å². The third-order valence-electron chi connectivity index (χ3n) is 1.76. The molecule has 0 aliphatic heterocycles. The van der Waals surface area contributed by atoms with Gasteiger partial charge in [-0.1, -0.05) is 0 Å². The number of aromatic hydroxyl groups is 1. The Kier molecular flexibility index (Phi) is 3.00. The van der Waals surface area contributed by atoms with Gasteiger partial charge in [0.25, 0.3) is 11.7 Å². The normalized spacial score (nSPS) is 10.6. The lowest BCUT2D eigenvalue weighted by Gasteiger charge is -2.08. The molecule has 0 fully saturated rings. The fraction of sp³-hybridized carbons (Fsp3) is 0.250. The summed E-state index contributed by atoms with van der Waals surface area (Å²) in [5.74, 6) is -0.640. The molecule has 0 aliphatic carbocycles. The van der Waals surface area contributed by atoms with Crippen LogP contribution in [0, 0.1) is 6.92 Å². The molecule has 0 saturated heterocycles. The second kappa shape index (κ2) is 3.88. The van der Waals surface area contributed by atoms with Crippen LogP contribution in [0.15, 0.2) is 6.20 Å². The molecule has 1 aromatic heterocycles. The molecule has 76 valence electrons. The molecule has 0 radical (unpaired) electrons. The zero-order valence-electron chi connectivity index (χ0n) is 7.09. The fourth-order valence-corrected chi connectivity index (χ4v) is 1.28. The third kappa shape index (κ3) is 1.82. The van der Waals surface area contributed by atoms with Crippen LogP contribution >= 0.6 is 11.6 Å². The molecule has 0 saturated carbocycles. The first kappa shape index (κ1) is 10.8. The lowest BCUT2D eigenvalue weighted by molar-refractivity contribution is 0.107. The highest BCUT2D eigenvalue weighted by Gasteiger charge is 2.21. The van der Waals surface area contributed by atoms with E-state index in [1.54, 1.807) is 0 Å². The van der Waals surface area contributed by atoms with Crippen molar-refractivity contribution in [3.05, 3.63) is 23.0 Å². The molecule has 0 aromatic carbocycles. The molecule has 6 heteroatoms.